The summed E-state index contributed by atoms with van der Waals surface area (Å²) in [6.07, 6.45) is 0. The Kier molecular flexibility index (Phi) is 3.69. The van der Waals surface area contributed by atoms with Crippen molar-refractivity contribution in [2.24, 2.45) is 0 Å². The highest BCUT2D eigenvalue weighted by Crippen LogP contribution is 2.21. The average molecular weight is 225 g/mol. The van der Waals surface area contributed by atoms with Gasteiger partial charge in [0.05, 0.1) is 22.6 Å². The molecule has 0 unspecified atom stereocenters. The number of halogens is 1. The minimum atomic E-state index is -0.649. The first-order valence-electron chi connectivity index (χ1n) is 4.20. The van der Waals surface area contributed by atoms with Crippen molar-refractivity contribution in [3.63, 3.8) is 0 Å². The van der Waals surface area contributed by atoms with E-state index in [4.69, 9.17) is 10.00 Å². The Morgan fingerprint density at radius 3 is 2.87 bits per heavy atom. The van der Waals surface area contributed by atoms with Gasteiger partial charge in [-0.1, -0.05) is 0 Å². The van der Waals surface area contributed by atoms with E-state index in [0.717, 1.165) is 6.07 Å². The van der Waals surface area contributed by atoms with Gasteiger partial charge in [0.25, 0.3) is 0 Å². The fourth-order valence-electron chi connectivity index (χ4n) is 1.06. The van der Waals surface area contributed by atoms with Crippen LogP contribution >= 0.6 is 12.6 Å². The minimum absolute atomic E-state index is 0.0331. The summed E-state index contributed by atoms with van der Waals surface area (Å²) in [5, 5.41) is 8.77. The van der Waals surface area contributed by atoms with Crippen LogP contribution in [0.1, 0.15) is 22.8 Å². The number of esters is 1. The molecule has 0 aromatic heterocycles. The van der Waals surface area contributed by atoms with Crippen LogP contribution in [0.5, 0.6) is 0 Å². The quantitative estimate of drug-likeness (QED) is 0.619. The molecule has 0 amide bonds. The van der Waals surface area contributed by atoms with Crippen molar-refractivity contribution in [3.05, 3.63) is 29.1 Å². The Morgan fingerprint density at radius 2 is 2.33 bits per heavy atom. The highest BCUT2D eigenvalue weighted by Gasteiger charge is 2.17. The van der Waals surface area contributed by atoms with Crippen molar-refractivity contribution in [1.82, 2.24) is 0 Å². The second-order valence-corrected chi connectivity index (χ2v) is 3.10. The molecule has 0 bridgehead atoms. The van der Waals surface area contributed by atoms with Crippen LogP contribution in [0, 0.1) is 17.1 Å². The van der Waals surface area contributed by atoms with E-state index in [9.17, 15) is 9.18 Å². The predicted molar refractivity (Wildman–Crippen MR) is 54.3 cm³/mol. The van der Waals surface area contributed by atoms with Gasteiger partial charge in [-0.2, -0.15) is 5.26 Å². The maximum Gasteiger partial charge on any atom is 0.339 e. The van der Waals surface area contributed by atoms with Gasteiger partial charge in [0.1, 0.15) is 11.9 Å². The van der Waals surface area contributed by atoms with Crippen LogP contribution in [0.25, 0.3) is 0 Å². The molecule has 0 radical (unpaired) electrons. The smallest absolute Gasteiger partial charge is 0.339 e. The number of ether oxygens (including phenoxy) is 1. The standard InChI is InChI=1S/C10H8FNO2S/c1-2-14-10(13)6-3-4-8(11)9(15)7(6)5-12/h3-4,15H,2H2,1H3. The summed E-state index contributed by atoms with van der Waals surface area (Å²) < 4.78 is 17.7. The second-order valence-electron chi connectivity index (χ2n) is 2.65. The lowest BCUT2D eigenvalue weighted by Gasteiger charge is -2.05. The maximum absolute atomic E-state index is 13.0. The molecule has 1 aromatic rings. The molecular weight excluding hydrogens is 217 g/mol. The molecule has 0 aliphatic heterocycles. The first-order valence-corrected chi connectivity index (χ1v) is 4.65. The Bertz CT molecular complexity index is 440. The van der Waals surface area contributed by atoms with Crippen LogP contribution in [0.15, 0.2) is 17.0 Å². The zero-order valence-electron chi connectivity index (χ0n) is 7.95. The number of carbonyl (C=O) groups is 1. The Hall–Kier alpha value is -1.54. The molecule has 0 saturated carbocycles. The third-order valence-corrected chi connectivity index (χ3v) is 2.17. The van der Waals surface area contributed by atoms with Gasteiger partial charge < -0.3 is 4.74 Å². The molecule has 1 aromatic carbocycles. The molecule has 5 heteroatoms. The Morgan fingerprint density at radius 1 is 1.67 bits per heavy atom. The van der Waals surface area contributed by atoms with E-state index in [-0.39, 0.29) is 22.6 Å². The molecule has 15 heavy (non-hydrogen) atoms. The zero-order chi connectivity index (χ0) is 11.4. The predicted octanol–water partition coefficient (Wildman–Crippen LogP) is 2.16. The summed E-state index contributed by atoms with van der Waals surface area (Å²) in [6, 6.07) is 4.02. The van der Waals surface area contributed by atoms with Gasteiger partial charge in [-0.3, -0.25) is 0 Å². The van der Waals surface area contributed by atoms with E-state index < -0.39 is 11.8 Å². The van der Waals surface area contributed by atoms with Crippen LogP contribution in [0.2, 0.25) is 0 Å². The highest BCUT2D eigenvalue weighted by atomic mass is 32.1. The molecule has 0 heterocycles. The lowest BCUT2D eigenvalue weighted by molar-refractivity contribution is 0.0525. The maximum atomic E-state index is 13.0. The molecule has 3 nitrogen and oxygen atoms in total. The SMILES string of the molecule is CCOC(=O)c1ccc(F)c(S)c1C#N. The molecule has 0 aliphatic rings. The third kappa shape index (κ3) is 2.28. The van der Waals surface area contributed by atoms with Crippen LogP contribution in [-0.2, 0) is 4.74 Å². The van der Waals surface area contributed by atoms with Crippen molar-refractivity contribution in [2.75, 3.05) is 6.61 Å². The summed E-state index contributed by atoms with van der Waals surface area (Å²) >= 11 is 3.82. The summed E-state index contributed by atoms with van der Waals surface area (Å²) in [7, 11) is 0. The van der Waals surface area contributed by atoms with Crippen LogP contribution < -0.4 is 0 Å². The average Bonchev–Trinajstić information content (AvgIpc) is 2.22. The van der Waals surface area contributed by atoms with Gasteiger partial charge in [0, 0.05) is 0 Å². The van der Waals surface area contributed by atoms with Gasteiger partial charge in [-0.05, 0) is 19.1 Å². The first kappa shape index (κ1) is 11.5. The van der Waals surface area contributed by atoms with E-state index in [1.807, 2.05) is 0 Å². The van der Waals surface area contributed by atoms with Crippen LogP contribution in [0.4, 0.5) is 4.39 Å². The van der Waals surface area contributed by atoms with Crippen molar-refractivity contribution in [2.45, 2.75) is 11.8 Å². The molecule has 0 spiro atoms. The van der Waals surface area contributed by atoms with Crippen LogP contribution in [0.3, 0.4) is 0 Å². The largest absolute Gasteiger partial charge is 0.462 e. The van der Waals surface area contributed by atoms with E-state index in [1.54, 1.807) is 13.0 Å². The number of benzene rings is 1. The number of hydrogen-bond acceptors (Lipinski definition) is 4. The fraction of sp³-hybridized carbons (Fsp3) is 0.200. The van der Waals surface area contributed by atoms with E-state index in [0.29, 0.717) is 0 Å². The van der Waals surface area contributed by atoms with Gasteiger partial charge >= 0.3 is 5.97 Å². The topological polar surface area (TPSA) is 50.1 Å². The molecule has 0 fully saturated rings. The summed E-state index contributed by atoms with van der Waals surface area (Å²) in [4.78, 5) is 11.2. The number of nitrogens with zero attached hydrogens (tertiary/aromatic N) is 1. The molecule has 1 rings (SSSR count). The van der Waals surface area contributed by atoms with Gasteiger partial charge in [-0.15, -0.1) is 12.6 Å². The summed E-state index contributed by atoms with van der Waals surface area (Å²) in [5.41, 5.74) is -0.0671. The van der Waals surface area contributed by atoms with Gasteiger partial charge in [-0.25, -0.2) is 9.18 Å². The van der Waals surface area contributed by atoms with Crippen molar-refractivity contribution < 1.29 is 13.9 Å². The normalized spacial score (nSPS) is 9.47. The molecule has 0 atom stereocenters. The van der Waals surface area contributed by atoms with E-state index in [1.165, 1.54) is 6.07 Å². The lowest BCUT2D eigenvalue weighted by Crippen LogP contribution is -2.08. The summed E-state index contributed by atoms with van der Waals surface area (Å²) in [5.74, 6) is -1.28. The molecule has 78 valence electrons. The van der Waals surface area contributed by atoms with Gasteiger partial charge in [0.2, 0.25) is 0 Å². The van der Waals surface area contributed by atoms with E-state index >= 15 is 0 Å². The fourth-order valence-corrected chi connectivity index (χ4v) is 1.30. The number of carbonyl (C=O) groups excluding carboxylic acids is 1. The van der Waals surface area contributed by atoms with Crippen molar-refractivity contribution >= 4 is 18.6 Å². The molecular formula is C10H8FNO2S. The number of thiol groups is 1. The number of nitriles is 1. The van der Waals surface area contributed by atoms with E-state index in [2.05, 4.69) is 12.6 Å². The molecule has 0 saturated heterocycles. The third-order valence-electron chi connectivity index (χ3n) is 1.74. The Balaban J connectivity index is 3.26. The van der Waals surface area contributed by atoms with Crippen LogP contribution in [-0.4, -0.2) is 12.6 Å². The van der Waals surface area contributed by atoms with Gasteiger partial charge in [0.15, 0.2) is 0 Å². The summed E-state index contributed by atoms with van der Waals surface area (Å²) in [6.45, 7) is 1.85. The number of rotatable bonds is 2. The molecule has 0 N–H and O–H groups in total. The second kappa shape index (κ2) is 4.80. The lowest BCUT2D eigenvalue weighted by atomic mass is 10.1. The first-order chi connectivity index (χ1) is 7.11. The molecule has 0 aliphatic carbocycles. The Labute approximate surface area is 91.9 Å². The monoisotopic (exact) mass is 225 g/mol. The number of hydrogen-bond donors (Lipinski definition) is 1. The van der Waals surface area contributed by atoms with Crippen molar-refractivity contribution in [1.29, 1.82) is 5.26 Å². The highest BCUT2D eigenvalue weighted by molar-refractivity contribution is 7.80. The van der Waals surface area contributed by atoms with Crippen molar-refractivity contribution in [3.8, 4) is 6.07 Å². The minimum Gasteiger partial charge on any atom is -0.462 e. The zero-order valence-corrected chi connectivity index (χ0v) is 8.85.